The van der Waals surface area contributed by atoms with Crippen LogP contribution in [0.4, 0.5) is 11.5 Å². The van der Waals surface area contributed by atoms with Gasteiger partial charge in [0.15, 0.2) is 5.82 Å². The highest BCUT2D eigenvalue weighted by molar-refractivity contribution is 6.03. The van der Waals surface area contributed by atoms with Crippen LogP contribution in [0.3, 0.4) is 0 Å². The van der Waals surface area contributed by atoms with Gasteiger partial charge < -0.3 is 10.6 Å². The van der Waals surface area contributed by atoms with E-state index < -0.39 is 0 Å². The first-order chi connectivity index (χ1) is 12.2. The minimum atomic E-state index is -0.216. The Morgan fingerprint density at radius 2 is 1.96 bits per heavy atom. The van der Waals surface area contributed by atoms with Crippen molar-refractivity contribution in [1.29, 1.82) is 0 Å². The van der Waals surface area contributed by atoms with Gasteiger partial charge in [-0.25, -0.2) is 9.97 Å². The Hall–Kier alpha value is -3.22. The molecular formula is C20H26N6O. The molecule has 1 amide bonds. The molecule has 2 aromatic heterocycles. The Labute approximate surface area is 159 Å². The summed E-state index contributed by atoms with van der Waals surface area (Å²) in [4.78, 5) is 25.1. The van der Waals surface area contributed by atoms with E-state index in [-0.39, 0.29) is 18.9 Å². The van der Waals surface area contributed by atoms with E-state index in [1.807, 2.05) is 22.8 Å². The number of carbonyl (C=O) groups excluding carboxylic acids is 1. The fourth-order valence-electron chi connectivity index (χ4n) is 2.42. The van der Waals surface area contributed by atoms with Crippen molar-refractivity contribution < 1.29 is 4.79 Å². The summed E-state index contributed by atoms with van der Waals surface area (Å²) < 4.78 is 1.84. The van der Waals surface area contributed by atoms with Crippen LogP contribution in [-0.4, -0.2) is 31.0 Å². The summed E-state index contributed by atoms with van der Waals surface area (Å²) >= 11 is 0. The molecule has 0 aliphatic heterocycles. The lowest BCUT2D eigenvalue weighted by molar-refractivity contribution is -0.112. The van der Waals surface area contributed by atoms with Crippen LogP contribution in [0, 0.1) is 0 Å². The maximum absolute atomic E-state index is 11.9. The van der Waals surface area contributed by atoms with Crippen LogP contribution in [-0.2, 0) is 4.79 Å². The molecule has 1 aromatic carbocycles. The molecule has 0 aliphatic carbocycles. The number of hydrogen-bond acceptors (Lipinski definition) is 5. The zero-order chi connectivity index (χ0) is 18.9. The second kappa shape index (κ2) is 7.57. The molecule has 7 heteroatoms. The van der Waals surface area contributed by atoms with Gasteiger partial charge in [0.25, 0.3) is 5.91 Å². The Morgan fingerprint density at radius 3 is 2.63 bits per heavy atom. The van der Waals surface area contributed by atoms with Crippen molar-refractivity contribution in [1.82, 2.24) is 19.5 Å². The second-order valence-electron chi connectivity index (χ2n) is 7.19. The van der Waals surface area contributed by atoms with Gasteiger partial charge >= 0.3 is 0 Å². The second-order valence-corrected chi connectivity index (χ2v) is 7.19. The molecule has 7 nitrogen and oxygen atoms in total. The maximum atomic E-state index is 11.9. The molecule has 0 spiro atoms. The lowest BCUT2D eigenvalue weighted by atomic mass is 10.1. The SMILES string of the molecule is C.C=C(C)C(=O)Nc1ccc2ncn(-c3cncc(NC(C)(C)C)n3)c2c1. The Bertz CT molecular complexity index is 984. The average molecular weight is 366 g/mol. The van der Waals surface area contributed by atoms with E-state index >= 15 is 0 Å². The molecule has 27 heavy (non-hydrogen) atoms. The van der Waals surface area contributed by atoms with Crippen LogP contribution in [0.1, 0.15) is 35.1 Å². The van der Waals surface area contributed by atoms with Gasteiger partial charge in [-0.2, -0.15) is 0 Å². The lowest BCUT2D eigenvalue weighted by Crippen LogP contribution is -2.26. The third-order valence-corrected chi connectivity index (χ3v) is 3.56. The first-order valence-electron chi connectivity index (χ1n) is 8.27. The number of hydrogen-bond donors (Lipinski definition) is 2. The van der Waals surface area contributed by atoms with Crippen molar-refractivity contribution in [3.05, 3.63) is 49.1 Å². The molecule has 3 rings (SSSR count). The molecule has 2 heterocycles. The molecule has 0 aliphatic rings. The van der Waals surface area contributed by atoms with Gasteiger partial charge in [-0.05, 0) is 45.9 Å². The lowest BCUT2D eigenvalue weighted by Gasteiger charge is -2.21. The highest BCUT2D eigenvalue weighted by Gasteiger charge is 2.13. The summed E-state index contributed by atoms with van der Waals surface area (Å²) in [6.45, 7) is 11.5. The molecule has 0 radical (unpaired) electrons. The number of aromatic nitrogens is 4. The van der Waals surface area contributed by atoms with E-state index in [1.54, 1.807) is 25.6 Å². The van der Waals surface area contributed by atoms with Crippen molar-refractivity contribution in [2.24, 2.45) is 0 Å². The summed E-state index contributed by atoms with van der Waals surface area (Å²) in [6, 6.07) is 5.52. The summed E-state index contributed by atoms with van der Waals surface area (Å²) in [5.41, 5.74) is 2.63. The largest absolute Gasteiger partial charge is 0.364 e. The summed E-state index contributed by atoms with van der Waals surface area (Å²) in [7, 11) is 0. The van der Waals surface area contributed by atoms with Crippen molar-refractivity contribution in [3.63, 3.8) is 0 Å². The molecule has 0 unspecified atom stereocenters. The smallest absolute Gasteiger partial charge is 0.250 e. The molecule has 142 valence electrons. The van der Waals surface area contributed by atoms with Gasteiger partial charge in [0.1, 0.15) is 12.1 Å². The zero-order valence-electron chi connectivity index (χ0n) is 15.4. The average Bonchev–Trinajstić information content (AvgIpc) is 2.96. The number of fused-ring (bicyclic) bond motifs is 1. The van der Waals surface area contributed by atoms with E-state index in [9.17, 15) is 4.79 Å². The Morgan fingerprint density at radius 1 is 1.22 bits per heavy atom. The van der Waals surface area contributed by atoms with E-state index in [0.29, 0.717) is 22.9 Å². The van der Waals surface area contributed by atoms with Crippen molar-refractivity contribution in [2.75, 3.05) is 10.6 Å². The molecule has 0 bridgehead atoms. The minimum absolute atomic E-state index is 0. The van der Waals surface area contributed by atoms with E-state index in [1.165, 1.54) is 0 Å². The minimum Gasteiger partial charge on any atom is -0.364 e. The zero-order valence-corrected chi connectivity index (χ0v) is 15.4. The maximum Gasteiger partial charge on any atom is 0.250 e. The van der Waals surface area contributed by atoms with Crippen LogP contribution in [0.2, 0.25) is 0 Å². The van der Waals surface area contributed by atoms with Gasteiger partial charge in [-0.15, -0.1) is 0 Å². The molecule has 3 aromatic rings. The van der Waals surface area contributed by atoms with E-state index in [2.05, 4.69) is 52.9 Å². The monoisotopic (exact) mass is 366 g/mol. The number of rotatable bonds is 4. The summed E-state index contributed by atoms with van der Waals surface area (Å²) in [5, 5.41) is 6.12. The highest BCUT2D eigenvalue weighted by atomic mass is 16.1. The van der Waals surface area contributed by atoms with Gasteiger partial charge in [-0.1, -0.05) is 14.0 Å². The third-order valence-electron chi connectivity index (χ3n) is 3.56. The number of amides is 1. The van der Waals surface area contributed by atoms with Crippen LogP contribution in [0.5, 0.6) is 0 Å². The van der Waals surface area contributed by atoms with E-state index in [0.717, 1.165) is 11.0 Å². The molecule has 0 saturated carbocycles. The van der Waals surface area contributed by atoms with Gasteiger partial charge in [0.05, 0.1) is 23.4 Å². The summed E-state index contributed by atoms with van der Waals surface area (Å²) in [5.74, 6) is 1.11. The van der Waals surface area contributed by atoms with E-state index in [4.69, 9.17) is 0 Å². The molecule has 0 atom stereocenters. The fourth-order valence-corrected chi connectivity index (χ4v) is 2.42. The van der Waals surface area contributed by atoms with Gasteiger partial charge in [-0.3, -0.25) is 14.3 Å². The number of anilines is 2. The molecular weight excluding hydrogens is 340 g/mol. The summed E-state index contributed by atoms with van der Waals surface area (Å²) in [6.07, 6.45) is 5.06. The normalized spacial score (nSPS) is 11.0. The molecule has 0 saturated heterocycles. The molecule has 2 N–H and O–H groups in total. The number of imidazole rings is 1. The Balaban J connectivity index is 0.00000261. The number of nitrogens with one attached hydrogen (secondary N) is 2. The standard InChI is InChI=1S/C19H22N6O.CH4/c1-12(2)18(26)22-13-6-7-14-15(8-13)25(11-21-14)17-10-20-9-16(23-17)24-19(3,4)5;/h6-11H,1H2,2-5H3,(H,22,26)(H,23,24);1H4. The number of benzene rings is 1. The van der Waals surface area contributed by atoms with Crippen LogP contribution >= 0.6 is 0 Å². The number of nitrogens with zero attached hydrogens (tertiary/aromatic N) is 4. The quantitative estimate of drug-likeness (QED) is 0.677. The molecule has 0 fully saturated rings. The van der Waals surface area contributed by atoms with Crippen molar-refractivity contribution >= 4 is 28.4 Å². The van der Waals surface area contributed by atoms with Crippen molar-refractivity contribution in [3.8, 4) is 5.82 Å². The third kappa shape index (κ3) is 4.69. The topological polar surface area (TPSA) is 84.7 Å². The predicted molar refractivity (Wildman–Crippen MR) is 110 cm³/mol. The van der Waals surface area contributed by atoms with Crippen LogP contribution in [0.15, 0.2) is 49.1 Å². The van der Waals surface area contributed by atoms with Crippen molar-refractivity contribution in [2.45, 2.75) is 40.7 Å². The first kappa shape index (κ1) is 20.1. The van der Waals surface area contributed by atoms with Gasteiger partial charge in [0, 0.05) is 16.8 Å². The first-order valence-corrected chi connectivity index (χ1v) is 8.27. The van der Waals surface area contributed by atoms with Gasteiger partial charge in [0.2, 0.25) is 0 Å². The number of carbonyl (C=O) groups is 1. The predicted octanol–water partition coefficient (Wildman–Crippen LogP) is 4.18. The Kier molecular flexibility index (Phi) is 5.64. The highest BCUT2D eigenvalue weighted by Crippen LogP contribution is 2.22. The van der Waals surface area contributed by atoms with Crippen LogP contribution < -0.4 is 10.6 Å². The fraction of sp³-hybridized carbons (Fsp3) is 0.300. The van der Waals surface area contributed by atoms with Crippen LogP contribution in [0.25, 0.3) is 16.9 Å².